The highest BCUT2D eigenvalue weighted by molar-refractivity contribution is 7.17. The van der Waals surface area contributed by atoms with Gasteiger partial charge in [-0.1, -0.05) is 37.3 Å². The van der Waals surface area contributed by atoms with Crippen molar-refractivity contribution in [3.05, 3.63) is 70.6 Å². The fourth-order valence-electron chi connectivity index (χ4n) is 3.82. The van der Waals surface area contributed by atoms with Gasteiger partial charge in [0.2, 0.25) is 0 Å². The van der Waals surface area contributed by atoms with Crippen LogP contribution in [0.5, 0.6) is 5.75 Å². The van der Waals surface area contributed by atoms with Crippen LogP contribution in [0.15, 0.2) is 54.6 Å². The molecule has 12 heteroatoms. The second kappa shape index (κ2) is 12.2. The molecule has 2 aromatic carbocycles. The van der Waals surface area contributed by atoms with Crippen molar-refractivity contribution in [2.24, 2.45) is 0 Å². The number of thiophene rings is 1. The Morgan fingerprint density at radius 1 is 0.949 bits per heavy atom. The topological polar surface area (TPSA) is 103 Å². The minimum Gasteiger partial charge on any atom is -0.497 e. The maximum absolute atomic E-state index is 14.8. The summed E-state index contributed by atoms with van der Waals surface area (Å²) in [6.07, 6.45) is -5.05. The SMILES string of the molecule is CCOC(=O)c1c(N[C@](NC(=O)c2ccc(OC)cc2)(C(=O)OC)C(F)(F)F)sc(CC)c1-c1ccccc1. The average molecular weight is 565 g/mol. The lowest BCUT2D eigenvalue weighted by molar-refractivity contribution is -0.203. The first-order chi connectivity index (χ1) is 18.5. The van der Waals surface area contributed by atoms with Crippen LogP contribution in [-0.2, 0) is 20.7 Å². The molecule has 3 aromatic rings. The molecule has 0 saturated carbocycles. The molecule has 1 heterocycles. The molecule has 2 N–H and O–H groups in total. The second-order valence-corrected chi connectivity index (χ2v) is 9.20. The number of methoxy groups -OCH3 is 2. The number of halogens is 3. The number of nitrogens with one attached hydrogen (secondary N) is 2. The number of ether oxygens (including phenoxy) is 3. The summed E-state index contributed by atoms with van der Waals surface area (Å²) in [7, 11) is 2.15. The van der Waals surface area contributed by atoms with Crippen LogP contribution in [0, 0.1) is 0 Å². The molecule has 0 aliphatic rings. The molecular formula is C27H27F3N2O6S. The van der Waals surface area contributed by atoms with Gasteiger partial charge in [0.15, 0.2) is 0 Å². The molecule has 1 aromatic heterocycles. The van der Waals surface area contributed by atoms with E-state index in [1.165, 1.54) is 31.4 Å². The van der Waals surface area contributed by atoms with Gasteiger partial charge in [0.25, 0.3) is 5.91 Å². The Morgan fingerprint density at radius 2 is 1.59 bits per heavy atom. The molecule has 0 radical (unpaired) electrons. The second-order valence-electron chi connectivity index (χ2n) is 8.09. The quantitative estimate of drug-likeness (QED) is 0.250. The lowest BCUT2D eigenvalue weighted by Gasteiger charge is -2.34. The van der Waals surface area contributed by atoms with Crippen LogP contribution < -0.4 is 15.4 Å². The van der Waals surface area contributed by atoms with Crippen LogP contribution in [0.2, 0.25) is 0 Å². The van der Waals surface area contributed by atoms with Crippen LogP contribution in [0.25, 0.3) is 11.1 Å². The maximum Gasteiger partial charge on any atom is 0.441 e. The summed E-state index contributed by atoms with van der Waals surface area (Å²) in [6, 6.07) is 13.9. The van der Waals surface area contributed by atoms with Crippen LogP contribution in [0.1, 0.15) is 39.4 Å². The van der Waals surface area contributed by atoms with Gasteiger partial charge in [0.05, 0.1) is 20.8 Å². The van der Waals surface area contributed by atoms with Crippen LogP contribution >= 0.6 is 11.3 Å². The molecular weight excluding hydrogens is 537 g/mol. The fourth-order valence-corrected chi connectivity index (χ4v) is 5.03. The number of esters is 2. The molecule has 0 unspecified atom stereocenters. The summed E-state index contributed by atoms with van der Waals surface area (Å²) >= 11 is 0.846. The Hall–Kier alpha value is -4.06. The van der Waals surface area contributed by atoms with E-state index in [1.54, 1.807) is 49.5 Å². The molecule has 208 valence electrons. The van der Waals surface area contributed by atoms with E-state index >= 15 is 0 Å². The molecule has 39 heavy (non-hydrogen) atoms. The van der Waals surface area contributed by atoms with E-state index in [4.69, 9.17) is 9.47 Å². The zero-order valence-electron chi connectivity index (χ0n) is 21.6. The van der Waals surface area contributed by atoms with Crippen molar-refractivity contribution in [2.75, 3.05) is 26.1 Å². The van der Waals surface area contributed by atoms with Crippen molar-refractivity contribution in [3.8, 4) is 16.9 Å². The minimum absolute atomic E-state index is 0.0422. The number of carbonyl (C=O) groups is 3. The van der Waals surface area contributed by atoms with E-state index in [0.29, 0.717) is 28.2 Å². The zero-order valence-corrected chi connectivity index (χ0v) is 22.4. The Bertz CT molecular complexity index is 1330. The molecule has 0 aliphatic heterocycles. The lowest BCUT2D eigenvalue weighted by atomic mass is 9.99. The Balaban J connectivity index is 2.22. The van der Waals surface area contributed by atoms with Crippen LogP contribution in [0.3, 0.4) is 0 Å². The van der Waals surface area contributed by atoms with Crippen molar-refractivity contribution in [1.82, 2.24) is 5.32 Å². The van der Waals surface area contributed by atoms with E-state index in [0.717, 1.165) is 18.4 Å². The highest BCUT2D eigenvalue weighted by atomic mass is 32.1. The van der Waals surface area contributed by atoms with Gasteiger partial charge in [-0.05, 0) is 43.2 Å². The number of benzene rings is 2. The van der Waals surface area contributed by atoms with E-state index in [-0.39, 0.29) is 22.7 Å². The van der Waals surface area contributed by atoms with Gasteiger partial charge >= 0.3 is 23.8 Å². The van der Waals surface area contributed by atoms with Gasteiger partial charge in [0, 0.05) is 16.0 Å². The first-order valence-electron chi connectivity index (χ1n) is 11.8. The highest BCUT2D eigenvalue weighted by Crippen LogP contribution is 2.44. The molecule has 0 spiro atoms. The fraction of sp³-hybridized carbons (Fsp3) is 0.296. The minimum atomic E-state index is -5.41. The number of alkyl halides is 3. The monoisotopic (exact) mass is 564 g/mol. The molecule has 0 fully saturated rings. The van der Waals surface area contributed by atoms with E-state index in [1.807, 2.05) is 0 Å². The van der Waals surface area contributed by atoms with Gasteiger partial charge in [-0.15, -0.1) is 11.3 Å². The molecule has 0 bridgehead atoms. The molecule has 1 amide bonds. The first-order valence-corrected chi connectivity index (χ1v) is 12.6. The van der Waals surface area contributed by atoms with Gasteiger partial charge < -0.3 is 24.8 Å². The summed E-state index contributed by atoms with van der Waals surface area (Å²) in [5.74, 6) is -3.57. The maximum atomic E-state index is 14.8. The van der Waals surface area contributed by atoms with Gasteiger partial charge in [-0.3, -0.25) is 4.79 Å². The Morgan fingerprint density at radius 3 is 2.10 bits per heavy atom. The van der Waals surface area contributed by atoms with Gasteiger partial charge in [0.1, 0.15) is 16.3 Å². The normalized spacial score (nSPS) is 12.7. The lowest BCUT2D eigenvalue weighted by Crippen LogP contribution is -2.69. The largest absolute Gasteiger partial charge is 0.497 e. The number of rotatable bonds is 10. The average Bonchev–Trinajstić information content (AvgIpc) is 3.30. The van der Waals surface area contributed by atoms with Crippen molar-refractivity contribution < 1.29 is 41.8 Å². The highest BCUT2D eigenvalue weighted by Gasteiger charge is 2.64. The number of carbonyl (C=O) groups excluding carboxylic acids is 3. The predicted molar refractivity (Wildman–Crippen MR) is 140 cm³/mol. The number of anilines is 1. The molecule has 0 aliphatic carbocycles. The third kappa shape index (κ3) is 6.00. The Labute approximate surface area is 227 Å². The summed E-state index contributed by atoms with van der Waals surface area (Å²) in [5, 5.41) is 3.60. The van der Waals surface area contributed by atoms with E-state index in [2.05, 4.69) is 10.1 Å². The Kier molecular flexibility index (Phi) is 9.23. The standard InChI is InChI=1S/C27H27F3N2O6S/c1-5-19-20(16-10-8-7-9-11-16)21(24(34)38-6-2)23(39-19)32-26(25(35)37-4,27(28,29)30)31-22(33)17-12-14-18(36-3)15-13-17/h7-15,32H,5-6H2,1-4H3,(H,31,33)/t26-/m1/s1. The van der Waals surface area contributed by atoms with Crippen molar-refractivity contribution in [2.45, 2.75) is 32.1 Å². The van der Waals surface area contributed by atoms with Crippen LogP contribution in [-0.4, -0.2) is 50.5 Å². The summed E-state index contributed by atoms with van der Waals surface area (Å²) in [4.78, 5) is 39.5. The van der Waals surface area contributed by atoms with Crippen LogP contribution in [0.4, 0.5) is 18.2 Å². The number of aryl methyl sites for hydroxylation is 1. The van der Waals surface area contributed by atoms with Crippen molar-refractivity contribution >= 4 is 34.2 Å². The third-order valence-electron chi connectivity index (χ3n) is 5.72. The summed E-state index contributed by atoms with van der Waals surface area (Å²) in [5.41, 5.74) is -3.18. The number of hydrogen-bond acceptors (Lipinski definition) is 8. The van der Waals surface area contributed by atoms with Crippen molar-refractivity contribution in [1.29, 1.82) is 0 Å². The molecule has 8 nitrogen and oxygen atoms in total. The predicted octanol–water partition coefficient (Wildman–Crippen LogP) is 5.44. The molecule has 3 rings (SSSR count). The van der Waals surface area contributed by atoms with Crippen molar-refractivity contribution in [3.63, 3.8) is 0 Å². The number of amides is 1. The summed E-state index contributed by atoms with van der Waals surface area (Å²) < 4.78 is 59.0. The molecule has 0 saturated heterocycles. The third-order valence-corrected chi connectivity index (χ3v) is 6.96. The summed E-state index contributed by atoms with van der Waals surface area (Å²) in [6.45, 7) is 3.29. The van der Waals surface area contributed by atoms with Gasteiger partial charge in [-0.2, -0.15) is 13.2 Å². The van der Waals surface area contributed by atoms with Gasteiger partial charge in [-0.25, -0.2) is 9.59 Å². The molecule has 1 atom stereocenters. The van der Waals surface area contributed by atoms with E-state index < -0.39 is 29.7 Å². The van der Waals surface area contributed by atoms with E-state index in [9.17, 15) is 27.6 Å². The number of hydrogen-bond donors (Lipinski definition) is 2. The smallest absolute Gasteiger partial charge is 0.441 e. The first kappa shape index (κ1) is 29.5. The zero-order chi connectivity index (χ0) is 28.8.